The van der Waals surface area contributed by atoms with E-state index in [0.717, 1.165) is 5.39 Å². The Balaban J connectivity index is 1.69. The van der Waals surface area contributed by atoms with Crippen LogP contribution in [0.1, 0.15) is 12.8 Å². The number of nitrogens with zero attached hydrogens (tertiary/aromatic N) is 5. The van der Waals surface area contributed by atoms with Crippen molar-refractivity contribution in [2.24, 2.45) is 5.92 Å². The molecule has 2 aromatic heterocycles. The Hall–Kier alpha value is -3.82. The number of carboxylic acid groups (broad SMARTS) is 1. The topological polar surface area (TPSA) is 132 Å². The Bertz CT molecular complexity index is 1080. The molecule has 10 heteroatoms. The van der Waals surface area contributed by atoms with Crippen molar-refractivity contribution in [1.29, 1.82) is 0 Å². The van der Waals surface area contributed by atoms with Gasteiger partial charge < -0.3 is 14.7 Å². The Kier molecular flexibility index (Phi) is 4.90. The first kappa shape index (κ1) is 18.5. The lowest BCUT2D eigenvalue weighted by Gasteiger charge is -2.30. The maximum Gasteiger partial charge on any atom is 0.373 e. The summed E-state index contributed by atoms with van der Waals surface area (Å²) in [6.07, 6.45) is 3.60. The fourth-order valence-electron chi connectivity index (χ4n) is 3.42. The van der Waals surface area contributed by atoms with Crippen LogP contribution in [0, 0.1) is 16.0 Å². The van der Waals surface area contributed by atoms with Gasteiger partial charge in [0.25, 0.3) is 0 Å². The smallest absolute Gasteiger partial charge is 0.373 e. The number of nitro groups is 1. The van der Waals surface area contributed by atoms with E-state index in [9.17, 15) is 14.9 Å². The molecular formula is C19H17N5O5. The average molecular weight is 395 g/mol. The molecule has 1 aromatic carbocycles. The molecule has 0 aliphatic carbocycles. The predicted molar refractivity (Wildman–Crippen MR) is 103 cm³/mol. The monoisotopic (exact) mass is 395 g/mol. The van der Waals surface area contributed by atoms with Gasteiger partial charge in [0.1, 0.15) is 11.8 Å². The van der Waals surface area contributed by atoms with Crippen LogP contribution in [-0.4, -0.2) is 44.0 Å². The van der Waals surface area contributed by atoms with Crippen molar-refractivity contribution in [3.05, 3.63) is 53.0 Å². The van der Waals surface area contributed by atoms with Gasteiger partial charge in [-0.05, 0) is 25.0 Å². The summed E-state index contributed by atoms with van der Waals surface area (Å²) in [6, 6.07) is 8.95. The highest BCUT2D eigenvalue weighted by molar-refractivity contribution is 5.84. The molecule has 1 saturated heterocycles. The van der Waals surface area contributed by atoms with Crippen LogP contribution in [0.25, 0.3) is 10.9 Å². The SMILES string of the molecule is O=C(O)C1CCN(c2ncnc(Oc3cccc4cccnc34)c2[N+](=O)[O-])CC1. The number of ether oxygens (including phenoxy) is 1. The van der Waals surface area contributed by atoms with E-state index in [1.807, 2.05) is 12.1 Å². The molecule has 1 aliphatic rings. The van der Waals surface area contributed by atoms with Gasteiger partial charge in [-0.3, -0.25) is 19.9 Å². The van der Waals surface area contributed by atoms with E-state index in [2.05, 4.69) is 15.0 Å². The fraction of sp³-hybridized carbons (Fsp3) is 0.263. The quantitative estimate of drug-likeness (QED) is 0.511. The number of hydrogen-bond acceptors (Lipinski definition) is 8. The molecule has 148 valence electrons. The number of rotatable bonds is 5. The second-order valence-corrected chi connectivity index (χ2v) is 6.64. The molecule has 10 nitrogen and oxygen atoms in total. The zero-order valence-electron chi connectivity index (χ0n) is 15.3. The molecule has 0 unspecified atom stereocenters. The minimum atomic E-state index is -0.852. The van der Waals surface area contributed by atoms with Crippen LogP contribution in [-0.2, 0) is 4.79 Å². The summed E-state index contributed by atoms with van der Waals surface area (Å²) in [4.78, 5) is 36.5. The van der Waals surface area contributed by atoms with Gasteiger partial charge in [0.05, 0.1) is 10.8 Å². The molecule has 4 rings (SSSR count). The third-order valence-corrected chi connectivity index (χ3v) is 4.90. The molecule has 1 aliphatic heterocycles. The van der Waals surface area contributed by atoms with Gasteiger partial charge in [-0.15, -0.1) is 0 Å². The minimum absolute atomic E-state index is 0.122. The number of carbonyl (C=O) groups is 1. The maximum atomic E-state index is 11.8. The second-order valence-electron chi connectivity index (χ2n) is 6.64. The van der Waals surface area contributed by atoms with Gasteiger partial charge in [-0.25, -0.2) is 4.98 Å². The van der Waals surface area contributed by atoms with E-state index in [-0.39, 0.29) is 17.4 Å². The van der Waals surface area contributed by atoms with Crippen LogP contribution in [0.5, 0.6) is 11.6 Å². The van der Waals surface area contributed by atoms with Crippen LogP contribution in [0.3, 0.4) is 0 Å². The predicted octanol–water partition coefficient (Wildman–Crippen LogP) is 3.03. The van der Waals surface area contributed by atoms with E-state index in [0.29, 0.717) is 37.2 Å². The normalized spacial score (nSPS) is 14.7. The molecule has 0 radical (unpaired) electrons. The highest BCUT2D eigenvalue weighted by Gasteiger charge is 2.32. The van der Waals surface area contributed by atoms with Gasteiger partial charge >= 0.3 is 17.5 Å². The first-order valence-electron chi connectivity index (χ1n) is 9.03. The van der Waals surface area contributed by atoms with Gasteiger partial charge in [0, 0.05) is 24.7 Å². The number of aliphatic carboxylic acids is 1. The maximum absolute atomic E-state index is 11.8. The highest BCUT2D eigenvalue weighted by atomic mass is 16.6. The molecule has 0 bridgehead atoms. The zero-order valence-corrected chi connectivity index (χ0v) is 15.3. The Morgan fingerprint density at radius 2 is 1.93 bits per heavy atom. The lowest BCUT2D eigenvalue weighted by Crippen LogP contribution is -2.37. The van der Waals surface area contributed by atoms with Crippen LogP contribution in [0.15, 0.2) is 42.9 Å². The van der Waals surface area contributed by atoms with Crippen molar-refractivity contribution >= 4 is 28.4 Å². The zero-order chi connectivity index (χ0) is 20.4. The van der Waals surface area contributed by atoms with Crippen molar-refractivity contribution < 1.29 is 19.6 Å². The molecule has 0 saturated carbocycles. The van der Waals surface area contributed by atoms with Crippen LogP contribution < -0.4 is 9.64 Å². The van der Waals surface area contributed by atoms with E-state index >= 15 is 0 Å². The molecule has 29 heavy (non-hydrogen) atoms. The lowest BCUT2D eigenvalue weighted by atomic mass is 9.97. The summed E-state index contributed by atoms with van der Waals surface area (Å²) >= 11 is 0. The van der Waals surface area contributed by atoms with Gasteiger partial charge in [0.15, 0.2) is 5.75 Å². The molecule has 3 heterocycles. The molecule has 1 N–H and O–H groups in total. The van der Waals surface area contributed by atoms with Crippen LogP contribution in [0.2, 0.25) is 0 Å². The van der Waals surface area contributed by atoms with Crippen molar-refractivity contribution in [3.63, 3.8) is 0 Å². The number of aromatic nitrogens is 3. The lowest BCUT2D eigenvalue weighted by molar-refractivity contribution is -0.385. The molecule has 0 atom stereocenters. The number of carboxylic acids is 1. The number of anilines is 1. The fourth-order valence-corrected chi connectivity index (χ4v) is 3.42. The summed E-state index contributed by atoms with van der Waals surface area (Å²) in [5.74, 6) is -1.02. The van der Waals surface area contributed by atoms with Gasteiger partial charge in [0.2, 0.25) is 5.82 Å². The Morgan fingerprint density at radius 3 is 2.66 bits per heavy atom. The Labute approximate surface area is 164 Å². The highest BCUT2D eigenvalue weighted by Crippen LogP contribution is 2.38. The van der Waals surface area contributed by atoms with E-state index in [4.69, 9.17) is 9.84 Å². The molecule has 0 spiro atoms. The molecule has 1 fully saturated rings. The van der Waals surface area contributed by atoms with Crippen LogP contribution in [0.4, 0.5) is 11.5 Å². The number of fused-ring (bicyclic) bond motifs is 1. The van der Waals surface area contributed by atoms with Gasteiger partial charge in [-0.1, -0.05) is 18.2 Å². The largest absolute Gasteiger partial charge is 0.481 e. The first-order chi connectivity index (χ1) is 14.0. The summed E-state index contributed by atoms with van der Waals surface area (Å²) < 4.78 is 5.80. The third kappa shape index (κ3) is 3.64. The summed E-state index contributed by atoms with van der Waals surface area (Å²) in [5.41, 5.74) is 0.209. The average Bonchev–Trinajstić information content (AvgIpc) is 2.74. The second kappa shape index (κ2) is 7.66. The van der Waals surface area contributed by atoms with Gasteiger partial charge in [-0.2, -0.15) is 4.98 Å². The van der Waals surface area contributed by atoms with Crippen molar-refractivity contribution in [2.75, 3.05) is 18.0 Å². The molecular weight excluding hydrogens is 378 g/mol. The van der Waals surface area contributed by atoms with Crippen molar-refractivity contribution in [1.82, 2.24) is 15.0 Å². The number of pyridine rings is 1. The minimum Gasteiger partial charge on any atom is -0.481 e. The summed E-state index contributed by atoms with van der Waals surface area (Å²) in [5, 5.41) is 21.8. The van der Waals surface area contributed by atoms with E-state index in [1.54, 1.807) is 29.3 Å². The van der Waals surface area contributed by atoms with Crippen molar-refractivity contribution in [3.8, 4) is 11.6 Å². The molecule has 3 aromatic rings. The van der Waals surface area contributed by atoms with Crippen LogP contribution >= 0.6 is 0 Å². The van der Waals surface area contributed by atoms with E-state index in [1.165, 1.54) is 6.33 Å². The third-order valence-electron chi connectivity index (χ3n) is 4.90. The summed E-state index contributed by atoms with van der Waals surface area (Å²) in [7, 11) is 0. The van der Waals surface area contributed by atoms with E-state index < -0.39 is 16.8 Å². The number of piperidine rings is 1. The van der Waals surface area contributed by atoms with Crippen molar-refractivity contribution in [2.45, 2.75) is 12.8 Å². The number of benzene rings is 1. The summed E-state index contributed by atoms with van der Waals surface area (Å²) in [6.45, 7) is 0.703. The molecule has 0 amide bonds. The Morgan fingerprint density at radius 1 is 1.17 bits per heavy atom. The standard InChI is InChI=1S/C19H17N5O5/c25-19(26)13-6-9-23(10-7-13)17-16(24(27)28)18(22-11-21-17)29-14-5-1-3-12-4-2-8-20-15(12)14/h1-5,8,11,13H,6-7,9-10H2,(H,25,26). The number of para-hydroxylation sites is 1. The number of hydrogen-bond donors (Lipinski definition) is 1. The first-order valence-corrected chi connectivity index (χ1v) is 9.03.